The van der Waals surface area contributed by atoms with Crippen molar-refractivity contribution in [3.63, 3.8) is 0 Å². The number of aryl methyl sites for hydroxylation is 1. The Labute approximate surface area is 187 Å². The van der Waals surface area contributed by atoms with Crippen LogP contribution in [0.15, 0.2) is 53.6 Å². The monoisotopic (exact) mass is 453 g/mol. The van der Waals surface area contributed by atoms with Crippen molar-refractivity contribution in [3.8, 4) is 0 Å². The standard InChI is InChI=1S/C24H27N3O4S/c1-17-8-7-10-20(18(17)2)25-23(28)16-32(30,31)22-14-27(21-11-4-3-9-19(21)22)15-24(29)26-12-5-6-13-26/h3-4,7-11,14H,5-6,12-13,15-16H2,1-2H3,(H,25,28). The average molecular weight is 454 g/mol. The van der Waals surface area contributed by atoms with Crippen molar-refractivity contribution < 1.29 is 18.0 Å². The Kier molecular flexibility index (Phi) is 6.06. The molecule has 3 aromatic rings. The van der Waals surface area contributed by atoms with Gasteiger partial charge in [0.25, 0.3) is 0 Å². The Bertz CT molecular complexity index is 1290. The molecule has 1 aliphatic rings. The van der Waals surface area contributed by atoms with Crippen LogP contribution in [0.4, 0.5) is 5.69 Å². The van der Waals surface area contributed by atoms with Gasteiger partial charge in [0, 0.05) is 35.9 Å². The number of rotatable bonds is 6. The minimum Gasteiger partial charge on any atom is -0.341 e. The summed E-state index contributed by atoms with van der Waals surface area (Å²) < 4.78 is 28.0. The second-order valence-electron chi connectivity index (χ2n) is 8.28. The first-order valence-electron chi connectivity index (χ1n) is 10.7. The number of sulfone groups is 1. The molecule has 1 aromatic heterocycles. The molecule has 1 saturated heterocycles. The number of para-hydroxylation sites is 1. The lowest BCUT2D eigenvalue weighted by Crippen LogP contribution is -2.30. The minimum atomic E-state index is -3.92. The van der Waals surface area contributed by atoms with E-state index < -0.39 is 21.5 Å². The number of anilines is 1. The molecule has 7 nitrogen and oxygen atoms in total. The third-order valence-electron chi connectivity index (χ3n) is 6.05. The van der Waals surface area contributed by atoms with Crippen molar-refractivity contribution in [3.05, 3.63) is 59.8 Å². The number of likely N-dealkylation sites (tertiary alicyclic amines) is 1. The van der Waals surface area contributed by atoms with Crippen LogP contribution in [0, 0.1) is 13.8 Å². The quantitative estimate of drug-likeness (QED) is 0.620. The van der Waals surface area contributed by atoms with E-state index in [1.807, 2.05) is 32.0 Å². The largest absolute Gasteiger partial charge is 0.341 e. The maximum atomic E-state index is 13.2. The van der Waals surface area contributed by atoms with Gasteiger partial charge < -0.3 is 14.8 Å². The molecule has 1 N–H and O–H groups in total. The maximum absolute atomic E-state index is 13.2. The molecule has 0 spiro atoms. The highest BCUT2D eigenvalue weighted by Gasteiger charge is 2.26. The number of amides is 2. The van der Waals surface area contributed by atoms with Crippen LogP contribution in [0.2, 0.25) is 0 Å². The summed E-state index contributed by atoms with van der Waals surface area (Å²) in [6.07, 6.45) is 3.47. The number of carbonyl (C=O) groups is 2. The summed E-state index contributed by atoms with van der Waals surface area (Å²) in [5, 5.41) is 3.23. The lowest BCUT2D eigenvalue weighted by atomic mass is 10.1. The Morgan fingerprint density at radius 2 is 1.72 bits per heavy atom. The summed E-state index contributed by atoms with van der Waals surface area (Å²) >= 11 is 0. The average Bonchev–Trinajstić information content (AvgIpc) is 3.40. The molecule has 0 aliphatic carbocycles. The number of fused-ring (bicyclic) bond motifs is 1. The molecule has 32 heavy (non-hydrogen) atoms. The van der Waals surface area contributed by atoms with Gasteiger partial charge in [-0.05, 0) is 49.9 Å². The number of carbonyl (C=O) groups excluding carboxylic acids is 2. The molecule has 8 heteroatoms. The van der Waals surface area contributed by atoms with Crippen molar-refractivity contribution in [1.82, 2.24) is 9.47 Å². The smallest absolute Gasteiger partial charge is 0.242 e. The lowest BCUT2D eigenvalue weighted by molar-refractivity contribution is -0.130. The molecule has 2 amide bonds. The SMILES string of the molecule is Cc1cccc(NC(=O)CS(=O)(=O)c2cn(CC(=O)N3CCCC3)c3ccccc23)c1C. The van der Waals surface area contributed by atoms with Gasteiger partial charge in [0.15, 0.2) is 9.84 Å². The normalized spacial score (nSPS) is 14.1. The van der Waals surface area contributed by atoms with Gasteiger partial charge in [0.1, 0.15) is 12.3 Å². The fraction of sp³-hybridized carbons (Fsp3) is 0.333. The number of nitrogens with one attached hydrogen (secondary N) is 1. The first-order valence-corrected chi connectivity index (χ1v) is 12.4. The van der Waals surface area contributed by atoms with Crippen LogP contribution in [-0.2, 0) is 26.0 Å². The van der Waals surface area contributed by atoms with E-state index in [0.717, 1.165) is 37.1 Å². The fourth-order valence-corrected chi connectivity index (χ4v) is 5.50. The molecular weight excluding hydrogens is 426 g/mol. The summed E-state index contributed by atoms with van der Waals surface area (Å²) in [6.45, 7) is 5.36. The second kappa shape index (κ2) is 8.78. The first-order chi connectivity index (χ1) is 15.3. The van der Waals surface area contributed by atoms with Gasteiger partial charge in [0.2, 0.25) is 11.8 Å². The number of aromatic nitrogens is 1. The zero-order valence-electron chi connectivity index (χ0n) is 18.3. The molecule has 0 unspecified atom stereocenters. The van der Waals surface area contributed by atoms with Gasteiger partial charge in [-0.1, -0.05) is 30.3 Å². The van der Waals surface area contributed by atoms with Crippen LogP contribution in [-0.4, -0.2) is 48.5 Å². The van der Waals surface area contributed by atoms with Crippen LogP contribution >= 0.6 is 0 Å². The number of benzene rings is 2. The first kappa shape index (κ1) is 22.1. The molecule has 168 valence electrons. The van der Waals surface area contributed by atoms with Crippen LogP contribution in [0.1, 0.15) is 24.0 Å². The van der Waals surface area contributed by atoms with Gasteiger partial charge in [0.05, 0.1) is 4.90 Å². The molecule has 1 fully saturated rings. The zero-order chi connectivity index (χ0) is 22.9. The zero-order valence-corrected chi connectivity index (χ0v) is 19.1. The molecule has 2 aromatic carbocycles. The summed E-state index contributed by atoms with van der Waals surface area (Å²) in [4.78, 5) is 27.1. The van der Waals surface area contributed by atoms with E-state index in [1.165, 1.54) is 6.20 Å². The van der Waals surface area contributed by atoms with Crippen LogP contribution < -0.4 is 5.32 Å². The highest BCUT2D eigenvalue weighted by atomic mass is 32.2. The lowest BCUT2D eigenvalue weighted by Gasteiger charge is -2.15. The van der Waals surface area contributed by atoms with E-state index >= 15 is 0 Å². The van der Waals surface area contributed by atoms with E-state index in [9.17, 15) is 18.0 Å². The topological polar surface area (TPSA) is 88.5 Å². The van der Waals surface area contributed by atoms with Crippen LogP contribution in [0.5, 0.6) is 0 Å². The van der Waals surface area contributed by atoms with E-state index in [4.69, 9.17) is 0 Å². The van der Waals surface area contributed by atoms with Crippen molar-refractivity contribution in [2.24, 2.45) is 0 Å². The summed E-state index contributed by atoms with van der Waals surface area (Å²) in [6, 6.07) is 12.6. The number of hydrogen-bond donors (Lipinski definition) is 1. The summed E-state index contributed by atoms with van der Waals surface area (Å²) in [7, 11) is -3.92. The maximum Gasteiger partial charge on any atom is 0.242 e. The molecule has 2 heterocycles. The molecule has 0 radical (unpaired) electrons. The van der Waals surface area contributed by atoms with Gasteiger partial charge in [-0.2, -0.15) is 0 Å². The van der Waals surface area contributed by atoms with Gasteiger partial charge in [-0.3, -0.25) is 9.59 Å². The molecule has 0 atom stereocenters. The molecular formula is C24H27N3O4S. The predicted octanol–water partition coefficient (Wildman–Crippen LogP) is 3.29. The van der Waals surface area contributed by atoms with Crippen LogP contribution in [0.25, 0.3) is 10.9 Å². The van der Waals surface area contributed by atoms with E-state index in [1.54, 1.807) is 33.7 Å². The summed E-state index contributed by atoms with van der Waals surface area (Å²) in [5.41, 5.74) is 3.17. The third-order valence-corrected chi connectivity index (χ3v) is 7.69. The van der Waals surface area contributed by atoms with Crippen LogP contribution in [0.3, 0.4) is 0 Å². The summed E-state index contributed by atoms with van der Waals surface area (Å²) in [5.74, 6) is -1.29. The van der Waals surface area contributed by atoms with E-state index in [2.05, 4.69) is 5.32 Å². The molecule has 4 rings (SSSR count). The molecule has 1 aliphatic heterocycles. The Morgan fingerprint density at radius 1 is 1.00 bits per heavy atom. The van der Waals surface area contributed by atoms with Crippen molar-refractivity contribution in [2.45, 2.75) is 38.1 Å². The second-order valence-corrected chi connectivity index (χ2v) is 10.2. The molecule has 0 saturated carbocycles. The highest BCUT2D eigenvalue weighted by Crippen LogP contribution is 2.27. The Hall–Kier alpha value is -3.13. The third kappa shape index (κ3) is 4.41. The van der Waals surface area contributed by atoms with Crippen molar-refractivity contribution in [1.29, 1.82) is 0 Å². The van der Waals surface area contributed by atoms with Gasteiger partial charge in [-0.15, -0.1) is 0 Å². The minimum absolute atomic E-state index is 0.0279. The van der Waals surface area contributed by atoms with E-state index in [-0.39, 0.29) is 17.3 Å². The van der Waals surface area contributed by atoms with E-state index in [0.29, 0.717) is 16.6 Å². The Morgan fingerprint density at radius 3 is 2.47 bits per heavy atom. The van der Waals surface area contributed by atoms with Crippen molar-refractivity contribution in [2.75, 3.05) is 24.2 Å². The number of hydrogen-bond acceptors (Lipinski definition) is 4. The van der Waals surface area contributed by atoms with Gasteiger partial charge >= 0.3 is 0 Å². The van der Waals surface area contributed by atoms with Gasteiger partial charge in [-0.25, -0.2) is 8.42 Å². The van der Waals surface area contributed by atoms with Crippen molar-refractivity contribution >= 4 is 38.2 Å². The highest BCUT2D eigenvalue weighted by molar-refractivity contribution is 7.92. The fourth-order valence-electron chi connectivity index (χ4n) is 4.13. The molecule has 0 bridgehead atoms. The predicted molar refractivity (Wildman–Crippen MR) is 124 cm³/mol. The number of nitrogens with zero attached hydrogens (tertiary/aromatic N) is 2. The Balaban J connectivity index is 1.59.